The Morgan fingerprint density at radius 2 is 2.08 bits per heavy atom. The van der Waals surface area contributed by atoms with Gasteiger partial charge in [-0.15, -0.1) is 0 Å². The molecule has 3 rings (SSSR count). The van der Waals surface area contributed by atoms with E-state index in [0.29, 0.717) is 29.7 Å². The molecule has 1 N–H and O–H groups in total. The maximum absolute atomic E-state index is 12.0. The van der Waals surface area contributed by atoms with Crippen molar-refractivity contribution in [3.63, 3.8) is 0 Å². The van der Waals surface area contributed by atoms with Crippen molar-refractivity contribution in [1.82, 2.24) is 0 Å². The first-order valence-electron chi connectivity index (χ1n) is 8.65. The van der Waals surface area contributed by atoms with Crippen LogP contribution in [0.15, 0.2) is 18.2 Å². The quantitative estimate of drug-likeness (QED) is 0.812. The molecule has 2 aliphatic rings. The van der Waals surface area contributed by atoms with Crippen LogP contribution in [0, 0.1) is 24.7 Å². The maximum Gasteiger partial charge on any atom is 0.306 e. The molecule has 0 spiro atoms. The van der Waals surface area contributed by atoms with E-state index in [0.717, 1.165) is 17.9 Å². The van der Waals surface area contributed by atoms with Crippen molar-refractivity contribution in [3.05, 3.63) is 23.8 Å². The molecule has 0 aliphatic heterocycles. The molecule has 24 heavy (non-hydrogen) atoms. The molecule has 0 heterocycles. The third kappa shape index (κ3) is 3.89. The van der Waals surface area contributed by atoms with Gasteiger partial charge in [-0.05, 0) is 61.6 Å². The number of benzene rings is 1. The molecule has 2 saturated carbocycles. The van der Waals surface area contributed by atoms with E-state index in [9.17, 15) is 9.59 Å². The fraction of sp³-hybridized carbons (Fsp3) is 0.579. The van der Waals surface area contributed by atoms with Gasteiger partial charge in [0.05, 0.1) is 12.8 Å². The van der Waals surface area contributed by atoms with Gasteiger partial charge in [-0.25, -0.2) is 0 Å². The smallest absolute Gasteiger partial charge is 0.306 e. The van der Waals surface area contributed by atoms with Crippen molar-refractivity contribution in [2.45, 2.75) is 39.0 Å². The molecule has 2 aliphatic carbocycles. The molecular formula is C19H25NO4. The number of carbonyl (C=O) groups excluding carboxylic acids is 2. The van der Waals surface area contributed by atoms with Crippen LogP contribution in [0.25, 0.3) is 0 Å². The van der Waals surface area contributed by atoms with E-state index in [1.807, 2.05) is 19.1 Å². The Kier molecular flexibility index (Phi) is 5.07. The molecule has 1 amide bonds. The fourth-order valence-electron chi connectivity index (χ4n) is 4.15. The average Bonchev–Trinajstić information content (AvgIpc) is 3.16. The lowest BCUT2D eigenvalue weighted by Crippen LogP contribution is -2.23. The molecule has 130 valence electrons. The summed E-state index contributed by atoms with van der Waals surface area (Å²) in [4.78, 5) is 24.0. The minimum Gasteiger partial charge on any atom is -0.495 e. The van der Waals surface area contributed by atoms with Gasteiger partial charge in [0.1, 0.15) is 5.75 Å². The molecule has 0 radical (unpaired) electrons. The molecule has 5 nitrogen and oxygen atoms in total. The summed E-state index contributed by atoms with van der Waals surface area (Å²) in [6.45, 7) is 1.68. The SMILES string of the molecule is COc1ccc(C)cc1NC(=O)COC(=O)C[C@H]1C[C@@H]2CC[C@@H]1C2. The van der Waals surface area contributed by atoms with Gasteiger partial charge < -0.3 is 14.8 Å². The van der Waals surface area contributed by atoms with Crippen molar-refractivity contribution in [2.24, 2.45) is 17.8 Å². The third-order valence-corrected chi connectivity index (χ3v) is 5.31. The average molecular weight is 331 g/mol. The van der Waals surface area contributed by atoms with Crippen molar-refractivity contribution in [2.75, 3.05) is 19.0 Å². The largest absolute Gasteiger partial charge is 0.495 e. The number of methoxy groups -OCH3 is 1. The van der Waals surface area contributed by atoms with Gasteiger partial charge in [0.15, 0.2) is 6.61 Å². The zero-order chi connectivity index (χ0) is 17.1. The summed E-state index contributed by atoms with van der Waals surface area (Å²) in [5, 5.41) is 2.74. The van der Waals surface area contributed by atoms with Crippen LogP contribution in [0.3, 0.4) is 0 Å². The highest BCUT2D eigenvalue weighted by molar-refractivity contribution is 5.94. The molecule has 0 saturated heterocycles. The maximum atomic E-state index is 12.0. The summed E-state index contributed by atoms with van der Waals surface area (Å²) in [7, 11) is 1.55. The van der Waals surface area contributed by atoms with Crippen LogP contribution in [0.1, 0.15) is 37.7 Å². The van der Waals surface area contributed by atoms with Crippen molar-refractivity contribution < 1.29 is 19.1 Å². The number of carbonyl (C=O) groups is 2. The van der Waals surface area contributed by atoms with Gasteiger partial charge in [0.25, 0.3) is 5.91 Å². The topological polar surface area (TPSA) is 64.6 Å². The summed E-state index contributed by atoms with van der Waals surface area (Å²) in [5.74, 6) is 1.93. The Hall–Kier alpha value is -2.04. The van der Waals surface area contributed by atoms with Gasteiger partial charge in [-0.3, -0.25) is 9.59 Å². The van der Waals surface area contributed by atoms with E-state index in [4.69, 9.17) is 9.47 Å². The number of hydrogen-bond donors (Lipinski definition) is 1. The number of hydrogen-bond acceptors (Lipinski definition) is 4. The lowest BCUT2D eigenvalue weighted by molar-refractivity contribution is -0.148. The van der Waals surface area contributed by atoms with Gasteiger partial charge >= 0.3 is 5.97 Å². The van der Waals surface area contributed by atoms with E-state index in [2.05, 4.69) is 5.32 Å². The predicted molar refractivity (Wildman–Crippen MR) is 90.9 cm³/mol. The summed E-state index contributed by atoms with van der Waals surface area (Å²) in [6, 6.07) is 5.53. The van der Waals surface area contributed by atoms with E-state index in [1.54, 1.807) is 13.2 Å². The molecule has 1 aromatic carbocycles. The molecular weight excluding hydrogens is 306 g/mol. The molecule has 0 unspecified atom stereocenters. The van der Waals surface area contributed by atoms with Crippen LogP contribution in [0.2, 0.25) is 0 Å². The normalized spacial score (nSPS) is 24.7. The van der Waals surface area contributed by atoms with Crippen LogP contribution in [-0.4, -0.2) is 25.6 Å². The molecule has 3 atom stereocenters. The molecule has 2 fully saturated rings. The standard InChI is InChI=1S/C19H25NO4/c1-12-3-6-17(23-2)16(7-12)20-18(21)11-24-19(22)10-15-9-13-4-5-14(15)8-13/h3,6-7,13-15H,4-5,8-11H2,1-2H3,(H,20,21)/t13-,14-,15-/m1/s1. The lowest BCUT2D eigenvalue weighted by Gasteiger charge is -2.20. The first kappa shape index (κ1) is 16.8. The predicted octanol–water partition coefficient (Wildman–Crippen LogP) is 3.31. The van der Waals surface area contributed by atoms with Gasteiger partial charge in [0, 0.05) is 6.42 Å². The number of ether oxygens (including phenoxy) is 2. The monoisotopic (exact) mass is 331 g/mol. The Morgan fingerprint density at radius 3 is 2.75 bits per heavy atom. The number of fused-ring (bicyclic) bond motifs is 2. The molecule has 5 heteroatoms. The van der Waals surface area contributed by atoms with Gasteiger partial charge in [-0.2, -0.15) is 0 Å². The van der Waals surface area contributed by atoms with Crippen molar-refractivity contribution in [1.29, 1.82) is 0 Å². The lowest BCUT2D eigenvalue weighted by atomic mass is 9.86. The molecule has 0 aromatic heterocycles. The van der Waals surface area contributed by atoms with E-state index in [-0.39, 0.29) is 18.5 Å². The first-order valence-corrected chi connectivity index (χ1v) is 8.65. The zero-order valence-electron chi connectivity index (χ0n) is 14.3. The second-order valence-corrected chi connectivity index (χ2v) is 7.05. The molecule has 1 aromatic rings. The van der Waals surface area contributed by atoms with Crippen LogP contribution < -0.4 is 10.1 Å². The van der Waals surface area contributed by atoms with Gasteiger partial charge in [0.2, 0.25) is 0 Å². The van der Waals surface area contributed by atoms with Crippen LogP contribution >= 0.6 is 0 Å². The number of anilines is 1. The number of aryl methyl sites for hydroxylation is 1. The highest BCUT2D eigenvalue weighted by Crippen LogP contribution is 2.49. The minimum absolute atomic E-state index is 0.253. The Labute approximate surface area is 142 Å². The summed E-state index contributed by atoms with van der Waals surface area (Å²) in [5.41, 5.74) is 1.60. The molecule has 2 bridgehead atoms. The zero-order valence-corrected chi connectivity index (χ0v) is 14.3. The van der Waals surface area contributed by atoms with Gasteiger partial charge in [-0.1, -0.05) is 12.5 Å². The summed E-state index contributed by atoms with van der Waals surface area (Å²) in [6.07, 6.45) is 5.42. The summed E-state index contributed by atoms with van der Waals surface area (Å²) >= 11 is 0. The van der Waals surface area contributed by atoms with Crippen molar-refractivity contribution in [3.8, 4) is 5.75 Å². The Morgan fingerprint density at radius 1 is 1.25 bits per heavy atom. The van der Waals surface area contributed by atoms with Crippen molar-refractivity contribution >= 4 is 17.6 Å². The fourth-order valence-corrected chi connectivity index (χ4v) is 4.15. The first-order chi connectivity index (χ1) is 11.5. The number of esters is 1. The van der Waals surface area contributed by atoms with E-state index >= 15 is 0 Å². The number of rotatable bonds is 6. The Balaban J connectivity index is 1.45. The second-order valence-electron chi connectivity index (χ2n) is 7.05. The van der Waals surface area contributed by atoms with E-state index in [1.165, 1.54) is 19.3 Å². The highest BCUT2D eigenvalue weighted by atomic mass is 16.5. The van der Waals surface area contributed by atoms with Crippen LogP contribution in [-0.2, 0) is 14.3 Å². The number of amides is 1. The van der Waals surface area contributed by atoms with Crippen LogP contribution in [0.4, 0.5) is 5.69 Å². The summed E-state index contributed by atoms with van der Waals surface area (Å²) < 4.78 is 10.4. The van der Waals surface area contributed by atoms with E-state index < -0.39 is 0 Å². The number of nitrogens with one attached hydrogen (secondary N) is 1. The second kappa shape index (κ2) is 7.24. The van der Waals surface area contributed by atoms with Crippen LogP contribution in [0.5, 0.6) is 5.75 Å². The highest BCUT2D eigenvalue weighted by Gasteiger charge is 2.40. The third-order valence-electron chi connectivity index (χ3n) is 5.31. The minimum atomic E-state index is -0.347. The Bertz CT molecular complexity index is 628.